The standard InChI is InChI=1S/C10H12N4/c1-2-4-6-8-10-12-14-13-11-9-7-5-3-1/h1-10,13-14H/b3-1-,4-2-,7-5-,8-6+,11-9-,12-10-. The molecule has 0 saturated carbocycles. The quantitative estimate of drug-likeness (QED) is 0.601. The summed E-state index contributed by atoms with van der Waals surface area (Å²) in [5.74, 6) is 0. The van der Waals surface area contributed by atoms with Gasteiger partial charge in [0.05, 0.1) is 0 Å². The lowest BCUT2D eigenvalue weighted by atomic mass is 10.4. The van der Waals surface area contributed by atoms with Gasteiger partial charge in [0.1, 0.15) is 0 Å². The van der Waals surface area contributed by atoms with E-state index in [1.807, 2.05) is 48.6 Å². The molecule has 2 N–H and O–H groups in total. The smallest absolute Gasteiger partial charge is 0.0488 e. The third kappa shape index (κ3) is 5.54. The van der Waals surface area contributed by atoms with Crippen LogP contribution in [-0.2, 0) is 0 Å². The number of hydrogen-bond donors (Lipinski definition) is 2. The summed E-state index contributed by atoms with van der Waals surface area (Å²) < 4.78 is 0. The van der Waals surface area contributed by atoms with Crippen molar-refractivity contribution in [2.24, 2.45) is 10.2 Å². The largest absolute Gasteiger partial charge is 0.205 e. The molecular weight excluding hydrogens is 176 g/mol. The van der Waals surface area contributed by atoms with Crippen LogP contribution in [0.5, 0.6) is 0 Å². The Hall–Kier alpha value is -2.10. The highest BCUT2D eigenvalue weighted by Gasteiger charge is 1.69. The average molecular weight is 188 g/mol. The zero-order chi connectivity index (χ0) is 9.90. The first-order valence-corrected chi connectivity index (χ1v) is 4.21. The molecule has 72 valence electrons. The number of hydrazine groups is 1. The summed E-state index contributed by atoms with van der Waals surface area (Å²) in [5, 5.41) is 7.59. The maximum Gasteiger partial charge on any atom is 0.0488 e. The minimum absolute atomic E-state index is 1.62. The maximum atomic E-state index is 3.80. The number of allylic oxidation sites excluding steroid dienone is 8. The van der Waals surface area contributed by atoms with E-state index in [0.717, 1.165) is 0 Å². The summed E-state index contributed by atoms with van der Waals surface area (Å²) >= 11 is 0. The summed E-state index contributed by atoms with van der Waals surface area (Å²) in [5.41, 5.74) is 5.07. The van der Waals surface area contributed by atoms with Crippen molar-refractivity contribution >= 4 is 12.4 Å². The molecule has 0 radical (unpaired) electrons. The molecule has 1 aliphatic rings. The molecule has 1 heterocycles. The van der Waals surface area contributed by atoms with Gasteiger partial charge in [0, 0.05) is 12.4 Å². The summed E-state index contributed by atoms with van der Waals surface area (Å²) in [6.45, 7) is 0. The number of hydrogen-bond acceptors (Lipinski definition) is 4. The SMILES string of the molecule is C1=C\C=C/C=C/C=N\NN/N=C\C=C/1. The Balaban J connectivity index is 2.56. The molecule has 0 aromatic heterocycles. The van der Waals surface area contributed by atoms with Gasteiger partial charge < -0.3 is 0 Å². The van der Waals surface area contributed by atoms with Crippen LogP contribution in [0.2, 0.25) is 0 Å². The van der Waals surface area contributed by atoms with Crippen molar-refractivity contribution in [3.05, 3.63) is 48.6 Å². The van der Waals surface area contributed by atoms with Crippen LogP contribution in [0.1, 0.15) is 0 Å². The second-order valence-electron chi connectivity index (χ2n) is 2.32. The van der Waals surface area contributed by atoms with Crippen LogP contribution in [0.25, 0.3) is 0 Å². The van der Waals surface area contributed by atoms with Gasteiger partial charge in [0.15, 0.2) is 0 Å². The predicted molar refractivity (Wildman–Crippen MR) is 59.8 cm³/mol. The van der Waals surface area contributed by atoms with E-state index in [9.17, 15) is 0 Å². The summed E-state index contributed by atoms with van der Waals surface area (Å²) in [6, 6.07) is 0. The van der Waals surface area contributed by atoms with Gasteiger partial charge in [-0.1, -0.05) is 36.5 Å². The first-order chi connectivity index (χ1) is 7.00. The Morgan fingerprint density at radius 1 is 0.500 bits per heavy atom. The van der Waals surface area contributed by atoms with Gasteiger partial charge in [-0.3, -0.25) is 0 Å². The van der Waals surface area contributed by atoms with Crippen LogP contribution < -0.4 is 11.1 Å². The van der Waals surface area contributed by atoms with Crippen LogP contribution in [0.15, 0.2) is 58.8 Å². The van der Waals surface area contributed by atoms with Crippen LogP contribution in [-0.4, -0.2) is 12.4 Å². The van der Waals surface area contributed by atoms with Crippen molar-refractivity contribution in [1.82, 2.24) is 11.1 Å². The molecule has 0 unspecified atom stereocenters. The molecule has 0 fully saturated rings. The predicted octanol–water partition coefficient (Wildman–Crippen LogP) is 1.29. The van der Waals surface area contributed by atoms with Crippen LogP contribution >= 0.6 is 0 Å². The first-order valence-electron chi connectivity index (χ1n) is 4.21. The highest BCUT2D eigenvalue weighted by atomic mass is 15.7. The number of rotatable bonds is 0. The molecule has 0 saturated heterocycles. The first kappa shape index (κ1) is 9.98. The van der Waals surface area contributed by atoms with Crippen LogP contribution in [0.4, 0.5) is 0 Å². The molecule has 14 heavy (non-hydrogen) atoms. The molecular formula is C10H12N4. The fraction of sp³-hybridized carbons (Fsp3) is 0. The fourth-order valence-electron chi connectivity index (χ4n) is 0.703. The zero-order valence-corrected chi connectivity index (χ0v) is 7.67. The summed E-state index contributed by atoms with van der Waals surface area (Å²) in [7, 11) is 0. The molecule has 0 spiro atoms. The lowest BCUT2D eigenvalue weighted by Gasteiger charge is -1.93. The van der Waals surface area contributed by atoms with E-state index in [1.54, 1.807) is 12.4 Å². The monoisotopic (exact) mass is 188 g/mol. The van der Waals surface area contributed by atoms with Gasteiger partial charge >= 0.3 is 0 Å². The zero-order valence-electron chi connectivity index (χ0n) is 7.67. The van der Waals surface area contributed by atoms with Crippen molar-refractivity contribution in [2.75, 3.05) is 0 Å². The molecule has 0 amide bonds. The number of nitrogens with one attached hydrogen (secondary N) is 2. The van der Waals surface area contributed by atoms with E-state index in [4.69, 9.17) is 0 Å². The van der Waals surface area contributed by atoms with Gasteiger partial charge in [0.2, 0.25) is 0 Å². The third-order valence-electron chi connectivity index (χ3n) is 1.28. The Bertz CT molecular complexity index is 276. The Kier molecular flexibility index (Phi) is 5.38. The molecule has 1 aliphatic heterocycles. The number of nitrogens with zero attached hydrogens (tertiary/aromatic N) is 2. The lowest BCUT2D eigenvalue weighted by Crippen LogP contribution is -2.20. The Morgan fingerprint density at radius 2 is 0.857 bits per heavy atom. The molecule has 0 aliphatic carbocycles. The lowest BCUT2D eigenvalue weighted by molar-refractivity contribution is 0.591. The van der Waals surface area contributed by atoms with Crippen molar-refractivity contribution in [3.8, 4) is 0 Å². The van der Waals surface area contributed by atoms with Gasteiger partial charge in [-0.15, -0.1) is 0 Å². The van der Waals surface area contributed by atoms with Crippen molar-refractivity contribution < 1.29 is 0 Å². The van der Waals surface area contributed by atoms with Gasteiger partial charge in [-0.2, -0.15) is 10.2 Å². The highest BCUT2D eigenvalue weighted by molar-refractivity contribution is 5.71. The van der Waals surface area contributed by atoms with E-state index in [2.05, 4.69) is 21.3 Å². The molecule has 4 nitrogen and oxygen atoms in total. The van der Waals surface area contributed by atoms with E-state index in [-0.39, 0.29) is 0 Å². The van der Waals surface area contributed by atoms with E-state index >= 15 is 0 Å². The van der Waals surface area contributed by atoms with Crippen molar-refractivity contribution in [3.63, 3.8) is 0 Å². The van der Waals surface area contributed by atoms with E-state index in [1.165, 1.54) is 0 Å². The van der Waals surface area contributed by atoms with Crippen LogP contribution in [0.3, 0.4) is 0 Å². The maximum absolute atomic E-state index is 3.80. The van der Waals surface area contributed by atoms with Crippen LogP contribution in [0, 0.1) is 0 Å². The molecule has 0 bridgehead atoms. The summed E-state index contributed by atoms with van der Waals surface area (Å²) in [6.07, 6.45) is 18.3. The normalized spacial score (nSPS) is 29.7. The third-order valence-corrected chi connectivity index (χ3v) is 1.28. The van der Waals surface area contributed by atoms with Gasteiger partial charge in [0.25, 0.3) is 0 Å². The minimum Gasteiger partial charge on any atom is -0.205 e. The van der Waals surface area contributed by atoms with Crippen molar-refractivity contribution in [1.29, 1.82) is 0 Å². The second-order valence-corrected chi connectivity index (χ2v) is 2.32. The van der Waals surface area contributed by atoms with Gasteiger partial charge in [-0.25, -0.2) is 11.1 Å². The Labute approximate surface area is 83.1 Å². The molecule has 0 aromatic rings. The second kappa shape index (κ2) is 7.54. The summed E-state index contributed by atoms with van der Waals surface area (Å²) in [4.78, 5) is 0. The Morgan fingerprint density at radius 3 is 1.29 bits per heavy atom. The number of hydrazone groups is 2. The van der Waals surface area contributed by atoms with E-state index < -0.39 is 0 Å². The average Bonchev–Trinajstić information content (AvgIpc) is 2.22. The topological polar surface area (TPSA) is 48.8 Å². The fourth-order valence-corrected chi connectivity index (χ4v) is 0.703. The molecule has 4 heteroatoms. The molecule has 1 rings (SSSR count). The highest BCUT2D eigenvalue weighted by Crippen LogP contribution is 1.81. The molecule has 0 atom stereocenters. The molecule has 0 aromatic carbocycles. The van der Waals surface area contributed by atoms with Gasteiger partial charge in [-0.05, 0) is 12.2 Å². The van der Waals surface area contributed by atoms with E-state index in [0.29, 0.717) is 0 Å². The van der Waals surface area contributed by atoms with Crippen molar-refractivity contribution in [2.45, 2.75) is 0 Å². The minimum atomic E-state index is 1.62.